The van der Waals surface area contributed by atoms with Crippen LogP contribution in [0.25, 0.3) is 0 Å². The maximum atomic E-state index is 12.6. The summed E-state index contributed by atoms with van der Waals surface area (Å²) >= 11 is 0. The Morgan fingerprint density at radius 3 is 2.38 bits per heavy atom. The van der Waals surface area contributed by atoms with Crippen LogP contribution in [0.2, 0.25) is 0 Å². The fourth-order valence-corrected chi connectivity index (χ4v) is 3.28. The highest BCUT2D eigenvalue weighted by Gasteiger charge is 2.35. The van der Waals surface area contributed by atoms with Crippen molar-refractivity contribution in [1.82, 2.24) is 5.32 Å². The van der Waals surface area contributed by atoms with Crippen LogP contribution in [-0.4, -0.2) is 15.8 Å². The molecule has 1 amide bonds. The highest BCUT2D eigenvalue weighted by atomic mass is 16.6. The first kappa shape index (κ1) is 17.6. The van der Waals surface area contributed by atoms with Gasteiger partial charge in [-0.1, -0.05) is 13.8 Å². The number of hydrogen-bond donors (Lipinski definition) is 1. The summed E-state index contributed by atoms with van der Waals surface area (Å²) < 4.78 is 5.48. The number of rotatable bonds is 4. The number of amides is 1. The van der Waals surface area contributed by atoms with Gasteiger partial charge in [0.1, 0.15) is 5.76 Å². The Labute approximate surface area is 148 Å². The molecule has 0 spiro atoms. The summed E-state index contributed by atoms with van der Waals surface area (Å²) in [4.78, 5) is 33.1. The smallest absolute Gasteiger partial charge is 0.277 e. The maximum Gasteiger partial charge on any atom is 0.277 e. The minimum absolute atomic E-state index is 0.0997. The van der Waals surface area contributed by atoms with Crippen molar-refractivity contribution >= 4 is 17.3 Å². The third kappa shape index (κ3) is 3.41. The molecular formula is C17H17N3O6. The molecule has 9 nitrogen and oxygen atoms in total. The Hall–Kier alpha value is -3.23. The Morgan fingerprint density at radius 2 is 1.81 bits per heavy atom. The van der Waals surface area contributed by atoms with Gasteiger partial charge in [0.25, 0.3) is 17.3 Å². The Balaban J connectivity index is 1.91. The van der Waals surface area contributed by atoms with E-state index in [0.29, 0.717) is 6.42 Å². The first-order valence-corrected chi connectivity index (χ1v) is 7.97. The van der Waals surface area contributed by atoms with Crippen LogP contribution in [-0.2, 0) is 6.42 Å². The summed E-state index contributed by atoms with van der Waals surface area (Å²) in [6, 6.07) is 4.34. The highest BCUT2D eigenvalue weighted by Crippen LogP contribution is 2.41. The molecule has 26 heavy (non-hydrogen) atoms. The molecule has 0 saturated heterocycles. The number of nitro groups is 2. The number of nitrogens with zero attached hydrogens (tertiary/aromatic N) is 2. The Morgan fingerprint density at radius 1 is 1.19 bits per heavy atom. The third-order valence-electron chi connectivity index (χ3n) is 4.44. The molecule has 1 aliphatic carbocycles. The number of carbonyl (C=O) groups excluding carboxylic acids is 1. The van der Waals surface area contributed by atoms with Crippen molar-refractivity contribution in [1.29, 1.82) is 0 Å². The summed E-state index contributed by atoms with van der Waals surface area (Å²) in [6.07, 6.45) is 2.95. The standard InChI is InChI=1S/C17H17N3O6/c1-17(2)8-14(13-3-4-26-15(13)9-17)18-16(21)10-5-11(19(22)23)7-12(6-10)20(24)25/h3-7,14H,8-9H2,1-2H3,(H,18,21). The van der Waals surface area contributed by atoms with E-state index < -0.39 is 27.1 Å². The topological polar surface area (TPSA) is 129 Å². The lowest BCUT2D eigenvalue weighted by Gasteiger charge is -2.34. The molecule has 136 valence electrons. The Kier molecular flexibility index (Phi) is 4.23. The van der Waals surface area contributed by atoms with Crippen molar-refractivity contribution in [3.8, 4) is 0 Å². The second-order valence-corrected chi connectivity index (χ2v) is 7.12. The number of furan rings is 1. The fourth-order valence-electron chi connectivity index (χ4n) is 3.28. The molecule has 0 bridgehead atoms. The van der Waals surface area contributed by atoms with Gasteiger partial charge >= 0.3 is 0 Å². The molecule has 0 fully saturated rings. The molecule has 9 heteroatoms. The largest absolute Gasteiger partial charge is 0.469 e. The van der Waals surface area contributed by atoms with E-state index in [9.17, 15) is 25.0 Å². The van der Waals surface area contributed by atoms with E-state index in [1.807, 2.05) is 0 Å². The lowest BCUT2D eigenvalue weighted by molar-refractivity contribution is -0.394. The van der Waals surface area contributed by atoms with E-state index in [-0.39, 0.29) is 17.0 Å². The van der Waals surface area contributed by atoms with E-state index >= 15 is 0 Å². The van der Waals surface area contributed by atoms with Gasteiger partial charge in [0.15, 0.2) is 0 Å². The average molecular weight is 359 g/mol. The van der Waals surface area contributed by atoms with Crippen LogP contribution in [0, 0.1) is 25.6 Å². The van der Waals surface area contributed by atoms with Gasteiger partial charge in [-0.05, 0) is 17.9 Å². The molecule has 0 aliphatic heterocycles. The van der Waals surface area contributed by atoms with Crippen molar-refractivity contribution in [3.63, 3.8) is 0 Å². The molecule has 0 radical (unpaired) electrons. The lowest BCUT2D eigenvalue weighted by atomic mass is 9.74. The zero-order valence-corrected chi connectivity index (χ0v) is 14.2. The summed E-state index contributed by atoms with van der Waals surface area (Å²) in [5, 5.41) is 24.8. The maximum absolute atomic E-state index is 12.6. The number of nitrogens with one attached hydrogen (secondary N) is 1. The predicted molar refractivity (Wildman–Crippen MR) is 90.8 cm³/mol. The zero-order valence-electron chi connectivity index (χ0n) is 14.2. The van der Waals surface area contributed by atoms with Crippen LogP contribution in [0.3, 0.4) is 0 Å². The molecule has 0 saturated carbocycles. The molecule has 1 aliphatic rings. The SMILES string of the molecule is CC1(C)Cc2occc2C(NC(=O)c2cc([N+](=O)[O-])cc([N+](=O)[O-])c2)C1. The van der Waals surface area contributed by atoms with Gasteiger partial charge in [-0.25, -0.2) is 0 Å². The Bertz CT molecular complexity index is 869. The van der Waals surface area contributed by atoms with Gasteiger partial charge in [-0.2, -0.15) is 0 Å². The molecule has 1 atom stereocenters. The van der Waals surface area contributed by atoms with Gasteiger partial charge in [-0.3, -0.25) is 25.0 Å². The second kappa shape index (κ2) is 6.25. The van der Waals surface area contributed by atoms with Gasteiger partial charge in [0.2, 0.25) is 0 Å². The van der Waals surface area contributed by atoms with Gasteiger partial charge < -0.3 is 9.73 Å². The van der Waals surface area contributed by atoms with Crippen LogP contribution in [0.5, 0.6) is 0 Å². The van der Waals surface area contributed by atoms with Crippen LogP contribution in [0.15, 0.2) is 34.9 Å². The van der Waals surface area contributed by atoms with Crippen LogP contribution >= 0.6 is 0 Å². The van der Waals surface area contributed by atoms with Gasteiger partial charge in [0.05, 0.1) is 33.8 Å². The molecule has 2 aromatic rings. The van der Waals surface area contributed by atoms with Crippen molar-refractivity contribution in [2.75, 3.05) is 0 Å². The number of nitro benzene ring substituents is 2. The van der Waals surface area contributed by atoms with E-state index in [4.69, 9.17) is 4.42 Å². The number of fused-ring (bicyclic) bond motifs is 1. The van der Waals surface area contributed by atoms with Crippen molar-refractivity contribution < 1.29 is 19.1 Å². The summed E-state index contributed by atoms with van der Waals surface area (Å²) in [5.41, 5.74) is -0.371. The highest BCUT2D eigenvalue weighted by molar-refractivity contribution is 5.95. The lowest BCUT2D eigenvalue weighted by Crippen LogP contribution is -2.36. The van der Waals surface area contributed by atoms with Gasteiger partial charge in [-0.15, -0.1) is 0 Å². The molecule has 1 unspecified atom stereocenters. The zero-order chi connectivity index (χ0) is 19.1. The number of non-ortho nitro benzene ring substituents is 2. The van der Waals surface area contributed by atoms with Crippen LogP contribution in [0.1, 0.15) is 48.0 Å². The first-order valence-electron chi connectivity index (χ1n) is 7.97. The normalized spacial score (nSPS) is 18.0. The first-order chi connectivity index (χ1) is 12.2. The van der Waals surface area contributed by atoms with E-state index in [2.05, 4.69) is 19.2 Å². The molecule has 1 N–H and O–H groups in total. The minimum atomic E-state index is -0.762. The van der Waals surface area contributed by atoms with E-state index in [1.54, 1.807) is 12.3 Å². The summed E-state index contributed by atoms with van der Waals surface area (Å²) in [7, 11) is 0. The summed E-state index contributed by atoms with van der Waals surface area (Å²) in [6.45, 7) is 4.10. The molecule has 1 aromatic carbocycles. The molecular weight excluding hydrogens is 342 g/mol. The van der Waals surface area contributed by atoms with Crippen LogP contribution in [0.4, 0.5) is 11.4 Å². The predicted octanol–water partition coefficient (Wildman–Crippen LogP) is 3.54. The molecule has 1 aromatic heterocycles. The number of carbonyl (C=O) groups is 1. The monoisotopic (exact) mass is 359 g/mol. The van der Waals surface area contributed by atoms with E-state index in [0.717, 1.165) is 35.9 Å². The third-order valence-corrected chi connectivity index (χ3v) is 4.44. The van der Waals surface area contributed by atoms with Crippen molar-refractivity contribution in [3.05, 3.63) is 67.6 Å². The minimum Gasteiger partial charge on any atom is -0.469 e. The molecule has 3 rings (SSSR count). The summed E-state index contributed by atoms with van der Waals surface area (Å²) in [5.74, 6) is 0.184. The average Bonchev–Trinajstić information content (AvgIpc) is 3.01. The van der Waals surface area contributed by atoms with Gasteiger partial charge in [0, 0.05) is 24.1 Å². The fraction of sp³-hybridized carbons (Fsp3) is 0.353. The van der Waals surface area contributed by atoms with Crippen LogP contribution < -0.4 is 5.32 Å². The molecule has 1 heterocycles. The quantitative estimate of drug-likeness (QED) is 0.656. The number of benzene rings is 1. The van der Waals surface area contributed by atoms with E-state index in [1.165, 1.54) is 0 Å². The van der Waals surface area contributed by atoms with Crippen molar-refractivity contribution in [2.45, 2.75) is 32.7 Å². The van der Waals surface area contributed by atoms with Crippen molar-refractivity contribution in [2.24, 2.45) is 5.41 Å². The second-order valence-electron chi connectivity index (χ2n) is 7.12. The number of hydrogen-bond acceptors (Lipinski definition) is 6.